The molecule has 0 amide bonds. The zero-order valence-corrected chi connectivity index (χ0v) is 10.00. The fourth-order valence-corrected chi connectivity index (χ4v) is 1.91. The lowest BCUT2D eigenvalue weighted by Crippen LogP contribution is -2.21. The molecule has 0 unspecified atom stereocenters. The number of carboxylic acids is 1. The zero-order chi connectivity index (χ0) is 12.4. The van der Waals surface area contributed by atoms with Crippen molar-refractivity contribution in [1.29, 1.82) is 0 Å². The molecule has 0 radical (unpaired) electrons. The number of nitrogens with zero attached hydrogens (tertiary/aromatic N) is 2. The highest BCUT2D eigenvalue weighted by Gasteiger charge is 2.21. The van der Waals surface area contributed by atoms with Crippen molar-refractivity contribution < 1.29 is 9.90 Å². The van der Waals surface area contributed by atoms with E-state index in [1.54, 1.807) is 10.9 Å². The van der Waals surface area contributed by atoms with Gasteiger partial charge in [0.25, 0.3) is 0 Å². The third-order valence-electron chi connectivity index (χ3n) is 2.73. The molecule has 4 nitrogen and oxygen atoms in total. The molecule has 0 aliphatic heterocycles. The molecule has 2 rings (SSSR count). The van der Waals surface area contributed by atoms with Gasteiger partial charge in [-0.1, -0.05) is 32.0 Å². The van der Waals surface area contributed by atoms with Gasteiger partial charge in [0.1, 0.15) is 6.04 Å². The van der Waals surface area contributed by atoms with Crippen LogP contribution >= 0.6 is 0 Å². The molecule has 0 aliphatic carbocycles. The first-order valence-corrected chi connectivity index (χ1v) is 5.74. The number of hydrogen-bond donors (Lipinski definition) is 1. The molecule has 1 aromatic heterocycles. The Hall–Kier alpha value is -1.84. The summed E-state index contributed by atoms with van der Waals surface area (Å²) in [5.41, 5.74) is 0.836. The number of aliphatic carboxylic acids is 1. The molecule has 0 spiro atoms. The highest BCUT2D eigenvalue weighted by atomic mass is 16.4. The molecule has 1 aromatic carbocycles. The quantitative estimate of drug-likeness (QED) is 0.881. The lowest BCUT2D eigenvalue weighted by molar-refractivity contribution is -0.141. The number of hydrogen-bond acceptors (Lipinski definition) is 2. The second-order valence-corrected chi connectivity index (χ2v) is 4.65. The highest BCUT2D eigenvalue weighted by molar-refractivity contribution is 5.79. The van der Waals surface area contributed by atoms with Crippen LogP contribution in [0.15, 0.2) is 30.5 Å². The summed E-state index contributed by atoms with van der Waals surface area (Å²) in [5, 5.41) is 14.5. The fourth-order valence-electron chi connectivity index (χ4n) is 1.91. The number of rotatable bonds is 4. The summed E-state index contributed by atoms with van der Waals surface area (Å²) in [6.07, 6.45) is 2.39. The van der Waals surface area contributed by atoms with E-state index in [0.717, 1.165) is 10.9 Å². The van der Waals surface area contributed by atoms with Crippen molar-refractivity contribution in [3.8, 4) is 0 Å². The topological polar surface area (TPSA) is 55.1 Å². The molecule has 1 N–H and O–H groups in total. The molecule has 0 aliphatic rings. The van der Waals surface area contributed by atoms with E-state index in [2.05, 4.69) is 5.10 Å². The summed E-state index contributed by atoms with van der Waals surface area (Å²) >= 11 is 0. The minimum atomic E-state index is -0.827. The maximum atomic E-state index is 11.3. The Morgan fingerprint density at radius 1 is 1.41 bits per heavy atom. The SMILES string of the molecule is CC(C)C[C@@H](C(=O)O)n1cc2ccccc2n1. The van der Waals surface area contributed by atoms with Gasteiger partial charge in [0.15, 0.2) is 0 Å². The van der Waals surface area contributed by atoms with Crippen molar-refractivity contribution in [2.45, 2.75) is 26.3 Å². The van der Waals surface area contributed by atoms with Crippen molar-refractivity contribution in [3.05, 3.63) is 30.5 Å². The zero-order valence-electron chi connectivity index (χ0n) is 10.00. The number of carboxylic acid groups (broad SMARTS) is 1. The second-order valence-electron chi connectivity index (χ2n) is 4.65. The van der Waals surface area contributed by atoms with Crippen LogP contribution in [0.5, 0.6) is 0 Å². The van der Waals surface area contributed by atoms with Crippen LogP contribution < -0.4 is 0 Å². The molecule has 90 valence electrons. The van der Waals surface area contributed by atoms with E-state index < -0.39 is 12.0 Å². The normalized spacial score (nSPS) is 13.1. The van der Waals surface area contributed by atoms with Gasteiger partial charge in [-0.3, -0.25) is 4.68 Å². The van der Waals surface area contributed by atoms with Gasteiger partial charge in [-0.25, -0.2) is 4.79 Å². The molecule has 0 bridgehead atoms. The van der Waals surface area contributed by atoms with E-state index in [-0.39, 0.29) is 0 Å². The predicted molar refractivity (Wildman–Crippen MR) is 65.9 cm³/mol. The third-order valence-corrected chi connectivity index (χ3v) is 2.73. The van der Waals surface area contributed by atoms with E-state index in [0.29, 0.717) is 12.3 Å². The van der Waals surface area contributed by atoms with Crippen molar-refractivity contribution in [2.75, 3.05) is 0 Å². The van der Waals surface area contributed by atoms with Gasteiger partial charge in [0.05, 0.1) is 5.52 Å². The molecule has 0 fully saturated rings. The van der Waals surface area contributed by atoms with Crippen LogP contribution in [0, 0.1) is 5.92 Å². The molecular weight excluding hydrogens is 216 g/mol. The average molecular weight is 232 g/mol. The van der Waals surface area contributed by atoms with Gasteiger partial charge >= 0.3 is 5.97 Å². The summed E-state index contributed by atoms with van der Waals surface area (Å²) in [4.78, 5) is 11.3. The van der Waals surface area contributed by atoms with Crippen LogP contribution in [-0.4, -0.2) is 20.9 Å². The smallest absolute Gasteiger partial charge is 0.328 e. The van der Waals surface area contributed by atoms with Crippen molar-refractivity contribution in [2.24, 2.45) is 5.92 Å². The van der Waals surface area contributed by atoms with E-state index in [1.807, 2.05) is 38.1 Å². The molecule has 1 atom stereocenters. The summed E-state index contributed by atoms with van der Waals surface area (Å²) in [7, 11) is 0. The fraction of sp³-hybridized carbons (Fsp3) is 0.385. The minimum Gasteiger partial charge on any atom is -0.480 e. The van der Waals surface area contributed by atoms with Crippen LogP contribution in [0.3, 0.4) is 0 Å². The average Bonchev–Trinajstić information content (AvgIpc) is 2.68. The Balaban J connectivity index is 2.38. The Morgan fingerprint density at radius 3 is 2.71 bits per heavy atom. The monoisotopic (exact) mass is 232 g/mol. The molecule has 0 saturated carbocycles. The Kier molecular flexibility index (Phi) is 3.13. The largest absolute Gasteiger partial charge is 0.480 e. The minimum absolute atomic E-state index is 0.323. The first-order valence-electron chi connectivity index (χ1n) is 5.74. The summed E-state index contributed by atoms with van der Waals surface area (Å²) < 4.78 is 1.56. The second kappa shape index (κ2) is 4.57. The maximum Gasteiger partial charge on any atom is 0.328 e. The maximum absolute atomic E-state index is 11.3. The standard InChI is InChI=1S/C13H16N2O2/c1-9(2)7-12(13(16)17)15-8-10-5-3-4-6-11(10)14-15/h3-6,8-9,12H,7H2,1-2H3,(H,16,17)/t12-/m0/s1. The molecule has 1 heterocycles. The molecule has 0 saturated heterocycles. The summed E-state index contributed by atoms with van der Waals surface area (Å²) in [5.74, 6) is -0.505. The molecule has 4 heteroatoms. The number of fused-ring (bicyclic) bond motifs is 1. The number of carbonyl (C=O) groups is 1. The van der Waals surface area contributed by atoms with Gasteiger partial charge in [-0.05, 0) is 18.4 Å². The number of benzene rings is 1. The van der Waals surface area contributed by atoms with Crippen LogP contribution in [0.2, 0.25) is 0 Å². The Morgan fingerprint density at radius 2 is 2.12 bits per heavy atom. The van der Waals surface area contributed by atoms with Crippen LogP contribution in [-0.2, 0) is 4.79 Å². The van der Waals surface area contributed by atoms with Gasteiger partial charge in [-0.2, -0.15) is 5.10 Å². The van der Waals surface area contributed by atoms with E-state index in [4.69, 9.17) is 0 Å². The third kappa shape index (κ3) is 2.46. The highest BCUT2D eigenvalue weighted by Crippen LogP contribution is 2.20. The first-order chi connectivity index (χ1) is 8.08. The molecule has 2 aromatic rings. The predicted octanol–water partition coefficient (Wildman–Crippen LogP) is 2.71. The van der Waals surface area contributed by atoms with Gasteiger partial charge in [0.2, 0.25) is 0 Å². The van der Waals surface area contributed by atoms with E-state index in [9.17, 15) is 9.90 Å². The van der Waals surface area contributed by atoms with Gasteiger partial charge < -0.3 is 5.11 Å². The summed E-state index contributed by atoms with van der Waals surface area (Å²) in [6.45, 7) is 4.03. The van der Waals surface area contributed by atoms with Crippen LogP contribution in [0.4, 0.5) is 0 Å². The van der Waals surface area contributed by atoms with E-state index >= 15 is 0 Å². The summed E-state index contributed by atoms with van der Waals surface area (Å²) in [6, 6.07) is 7.07. The van der Waals surface area contributed by atoms with Gasteiger partial charge in [0, 0.05) is 11.6 Å². The molecular formula is C13H16N2O2. The number of aromatic nitrogens is 2. The van der Waals surface area contributed by atoms with E-state index in [1.165, 1.54) is 0 Å². The first kappa shape index (κ1) is 11.6. The lowest BCUT2D eigenvalue weighted by atomic mass is 10.0. The Bertz CT molecular complexity index is 498. The van der Waals surface area contributed by atoms with Crippen LogP contribution in [0.25, 0.3) is 10.9 Å². The van der Waals surface area contributed by atoms with Crippen molar-refractivity contribution in [3.63, 3.8) is 0 Å². The lowest BCUT2D eigenvalue weighted by Gasteiger charge is -2.14. The Labute approximate surface area is 99.9 Å². The van der Waals surface area contributed by atoms with Crippen molar-refractivity contribution in [1.82, 2.24) is 9.78 Å². The van der Waals surface area contributed by atoms with Crippen LogP contribution in [0.1, 0.15) is 26.3 Å². The van der Waals surface area contributed by atoms with Crippen molar-refractivity contribution >= 4 is 16.9 Å². The van der Waals surface area contributed by atoms with Gasteiger partial charge in [-0.15, -0.1) is 0 Å². The molecule has 17 heavy (non-hydrogen) atoms.